The SMILES string of the molecule is CNC(CCN1CCN(C)C(C)(C)C1)C(=O)OC. The minimum atomic E-state index is -0.197. The van der Waals surface area contributed by atoms with Gasteiger partial charge in [0, 0.05) is 31.7 Å². The maximum atomic E-state index is 11.5. The number of esters is 1. The maximum Gasteiger partial charge on any atom is 0.322 e. The van der Waals surface area contributed by atoms with E-state index in [1.54, 1.807) is 7.05 Å². The lowest BCUT2D eigenvalue weighted by Gasteiger charge is -2.45. The number of nitrogens with one attached hydrogen (secondary N) is 1. The Bertz CT molecular complexity index is 281. The number of hydrogen-bond acceptors (Lipinski definition) is 5. The molecule has 1 saturated heterocycles. The number of hydrogen-bond donors (Lipinski definition) is 1. The molecule has 1 fully saturated rings. The zero-order valence-corrected chi connectivity index (χ0v) is 12.3. The molecule has 0 bridgehead atoms. The molecular weight excluding hydrogens is 230 g/mol. The van der Waals surface area contributed by atoms with E-state index in [0.717, 1.165) is 32.6 Å². The minimum Gasteiger partial charge on any atom is -0.468 e. The third kappa shape index (κ3) is 3.93. The summed E-state index contributed by atoms with van der Waals surface area (Å²) in [7, 11) is 5.41. The smallest absolute Gasteiger partial charge is 0.322 e. The summed E-state index contributed by atoms with van der Waals surface area (Å²) in [5, 5.41) is 3.01. The normalized spacial score (nSPS) is 22.7. The van der Waals surface area contributed by atoms with E-state index in [1.165, 1.54) is 7.11 Å². The van der Waals surface area contributed by atoms with Crippen LogP contribution >= 0.6 is 0 Å². The van der Waals surface area contributed by atoms with Crippen LogP contribution in [-0.2, 0) is 9.53 Å². The summed E-state index contributed by atoms with van der Waals surface area (Å²) in [6.07, 6.45) is 0.795. The van der Waals surface area contributed by atoms with Gasteiger partial charge in [0.15, 0.2) is 0 Å². The molecular formula is C13H27N3O2. The minimum absolute atomic E-state index is 0.175. The molecule has 5 heteroatoms. The molecule has 0 amide bonds. The van der Waals surface area contributed by atoms with Crippen LogP contribution in [-0.4, -0.2) is 74.7 Å². The van der Waals surface area contributed by atoms with Crippen molar-refractivity contribution in [2.45, 2.75) is 31.8 Å². The van der Waals surface area contributed by atoms with Gasteiger partial charge in [-0.2, -0.15) is 0 Å². The van der Waals surface area contributed by atoms with E-state index >= 15 is 0 Å². The molecule has 0 aromatic rings. The van der Waals surface area contributed by atoms with Gasteiger partial charge < -0.3 is 15.0 Å². The fourth-order valence-electron chi connectivity index (χ4n) is 2.37. The Balaban J connectivity index is 2.42. The van der Waals surface area contributed by atoms with E-state index in [-0.39, 0.29) is 17.6 Å². The van der Waals surface area contributed by atoms with Crippen LogP contribution in [0.1, 0.15) is 20.3 Å². The Morgan fingerprint density at radius 3 is 2.61 bits per heavy atom. The second kappa shape index (κ2) is 6.50. The molecule has 1 N–H and O–H groups in total. The topological polar surface area (TPSA) is 44.8 Å². The molecule has 1 heterocycles. The first kappa shape index (κ1) is 15.4. The predicted molar refractivity (Wildman–Crippen MR) is 72.6 cm³/mol. The van der Waals surface area contributed by atoms with Gasteiger partial charge in [-0.15, -0.1) is 0 Å². The van der Waals surface area contributed by atoms with Crippen LogP contribution in [0.2, 0.25) is 0 Å². The van der Waals surface area contributed by atoms with Crippen LogP contribution in [0.5, 0.6) is 0 Å². The summed E-state index contributed by atoms with van der Waals surface area (Å²) in [5.41, 5.74) is 0.207. The monoisotopic (exact) mass is 257 g/mol. The van der Waals surface area contributed by atoms with E-state index in [4.69, 9.17) is 4.74 Å². The molecule has 0 saturated carbocycles. The Hall–Kier alpha value is -0.650. The Morgan fingerprint density at radius 2 is 2.11 bits per heavy atom. The molecule has 1 atom stereocenters. The van der Waals surface area contributed by atoms with Crippen molar-refractivity contribution in [2.24, 2.45) is 0 Å². The third-order valence-corrected chi connectivity index (χ3v) is 3.96. The van der Waals surface area contributed by atoms with Crippen molar-refractivity contribution in [3.8, 4) is 0 Å². The fourth-order valence-corrected chi connectivity index (χ4v) is 2.37. The van der Waals surface area contributed by atoms with Crippen LogP contribution in [0.15, 0.2) is 0 Å². The van der Waals surface area contributed by atoms with Gasteiger partial charge in [0.25, 0.3) is 0 Å². The van der Waals surface area contributed by atoms with Crippen LogP contribution in [0.4, 0.5) is 0 Å². The lowest BCUT2D eigenvalue weighted by atomic mass is 9.99. The second-order valence-corrected chi connectivity index (χ2v) is 5.66. The number of piperazine rings is 1. The van der Waals surface area contributed by atoms with Crippen LogP contribution in [0, 0.1) is 0 Å². The highest BCUT2D eigenvalue weighted by Crippen LogP contribution is 2.18. The molecule has 1 rings (SSSR count). The number of carbonyl (C=O) groups excluding carboxylic acids is 1. The van der Waals surface area contributed by atoms with Gasteiger partial charge in [0.05, 0.1) is 7.11 Å². The Morgan fingerprint density at radius 1 is 1.44 bits per heavy atom. The van der Waals surface area contributed by atoms with Crippen molar-refractivity contribution >= 4 is 5.97 Å². The van der Waals surface area contributed by atoms with Crippen LogP contribution in [0.3, 0.4) is 0 Å². The number of carbonyl (C=O) groups is 1. The number of rotatable bonds is 5. The number of likely N-dealkylation sites (N-methyl/N-ethyl adjacent to an activating group) is 2. The molecule has 5 nitrogen and oxygen atoms in total. The van der Waals surface area contributed by atoms with Crippen molar-refractivity contribution in [3.05, 3.63) is 0 Å². The molecule has 106 valence electrons. The van der Waals surface area contributed by atoms with Crippen LogP contribution < -0.4 is 5.32 Å². The predicted octanol–water partition coefficient (Wildman–Crippen LogP) is 0.164. The highest BCUT2D eigenvalue weighted by atomic mass is 16.5. The maximum absolute atomic E-state index is 11.5. The lowest BCUT2D eigenvalue weighted by Crippen LogP contribution is -2.58. The number of nitrogens with zero attached hydrogens (tertiary/aromatic N) is 2. The quantitative estimate of drug-likeness (QED) is 0.711. The van der Waals surface area contributed by atoms with Gasteiger partial charge in [-0.05, 0) is 34.4 Å². The molecule has 1 aliphatic rings. The van der Waals surface area contributed by atoms with Gasteiger partial charge in [0.2, 0.25) is 0 Å². The van der Waals surface area contributed by atoms with E-state index in [9.17, 15) is 4.79 Å². The Labute approximate surface area is 110 Å². The zero-order valence-electron chi connectivity index (χ0n) is 12.3. The third-order valence-electron chi connectivity index (χ3n) is 3.96. The summed E-state index contributed by atoms with van der Waals surface area (Å²) in [5.74, 6) is -0.175. The van der Waals surface area contributed by atoms with Gasteiger partial charge in [-0.3, -0.25) is 9.69 Å². The second-order valence-electron chi connectivity index (χ2n) is 5.66. The summed E-state index contributed by atoms with van der Waals surface area (Å²) in [4.78, 5) is 16.3. The molecule has 0 aromatic carbocycles. The van der Waals surface area contributed by atoms with Crippen molar-refractivity contribution in [2.75, 3.05) is 47.4 Å². The van der Waals surface area contributed by atoms with E-state index in [0.29, 0.717) is 0 Å². The summed E-state index contributed by atoms with van der Waals surface area (Å²) >= 11 is 0. The first-order chi connectivity index (χ1) is 8.40. The number of ether oxygens (including phenoxy) is 1. The molecule has 1 aliphatic heterocycles. The summed E-state index contributed by atoms with van der Waals surface area (Å²) in [6, 6.07) is -0.197. The average molecular weight is 257 g/mol. The summed E-state index contributed by atoms with van der Waals surface area (Å²) < 4.78 is 4.77. The fraction of sp³-hybridized carbons (Fsp3) is 0.923. The largest absolute Gasteiger partial charge is 0.468 e. The molecule has 1 unspecified atom stereocenters. The Kier molecular flexibility index (Phi) is 5.56. The molecule has 0 spiro atoms. The number of methoxy groups -OCH3 is 1. The van der Waals surface area contributed by atoms with E-state index < -0.39 is 0 Å². The zero-order chi connectivity index (χ0) is 13.8. The lowest BCUT2D eigenvalue weighted by molar-refractivity contribution is -0.143. The van der Waals surface area contributed by atoms with Crippen molar-refractivity contribution in [3.63, 3.8) is 0 Å². The van der Waals surface area contributed by atoms with Gasteiger partial charge >= 0.3 is 5.97 Å². The molecule has 0 radical (unpaired) electrons. The highest BCUT2D eigenvalue weighted by molar-refractivity contribution is 5.75. The molecule has 18 heavy (non-hydrogen) atoms. The van der Waals surface area contributed by atoms with Gasteiger partial charge in [0.1, 0.15) is 6.04 Å². The average Bonchev–Trinajstić information content (AvgIpc) is 2.33. The molecule has 0 aromatic heterocycles. The van der Waals surface area contributed by atoms with Gasteiger partial charge in [-0.25, -0.2) is 0 Å². The van der Waals surface area contributed by atoms with Crippen molar-refractivity contribution in [1.82, 2.24) is 15.1 Å². The molecule has 0 aliphatic carbocycles. The van der Waals surface area contributed by atoms with Crippen LogP contribution in [0.25, 0.3) is 0 Å². The van der Waals surface area contributed by atoms with E-state index in [2.05, 4.69) is 36.0 Å². The summed E-state index contributed by atoms with van der Waals surface area (Å²) in [6.45, 7) is 8.63. The van der Waals surface area contributed by atoms with Crippen molar-refractivity contribution < 1.29 is 9.53 Å². The highest BCUT2D eigenvalue weighted by Gasteiger charge is 2.31. The van der Waals surface area contributed by atoms with Crippen molar-refractivity contribution in [1.29, 1.82) is 0 Å². The van der Waals surface area contributed by atoms with E-state index in [1.807, 2.05) is 0 Å². The first-order valence-corrected chi connectivity index (χ1v) is 6.59. The first-order valence-electron chi connectivity index (χ1n) is 6.59. The van der Waals surface area contributed by atoms with Gasteiger partial charge in [-0.1, -0.05) is 0 Å². The standard InChI is InChI=1S/C13H27N3O2/c1-13(2)10-16(9-8-15(13)4)7-6-11(14-3)12(17)18-5/h11,14H,6-10H2,1-5H3.